The van der Waals surface area contributed by atoms with Crippen LogP contribution < -0.4 is 0 Å². The lowest BCUT2D eigenvalue weighted by Crippen LogP contribution is -2.22. The highest BCUT2D eigenvalue weighted by Gasteiger charge is 2.13. The largest absolute Gasteiger partial charge is 0.364 e. The molecule has 0 aliphatic carbocycles. The summed E-state index contributed by atoms with van der Waals surface area (Å²) in [4.78, 5) is 27.2. The molecule has 0 radical (unpaired) electrons. The van der Waals surface area contributed by atoms with E-state index < -0.39 is 5.97 Å². The topological polar surface area (TPSA) is 84.0 Å². The molecular weight excluding hydrogens is 390 g/mol. The highest BCUT2D eigenvalue weighted by atomic mass is 16.7. The van der Waals surface area contributed by atoms with Crippen molar-refractivity contribution in [2.75, 3.05) is 7.05 Å². The molecule has 0 fully saturated rings. The third-order valence-corrected chi connectivity index (χ3v) is 5.00. The Bertz CT molecular complexity index is 1380. The van der Waals surface area contributed by atoms with Crippen molar-refractivity contribution in [1.82, 2.24) is 25.2 Å². The zero-order valence-corrected chi connectivity index (χ0v) is 16.8. The molecule has 7 nitrogen and oxygen atoms in total. The van der Waals surface area contributed by atoms with E-state index in [4.69, 9.17) is 9.82 Å². The lowest BCUT2D eigenvalue weighted by Gasteiger charge is -2.16. The molecule has 2 aromatic heterocycles. The number of hydrogen-bond donors (Lipinski definition) is 1. The maximum absolute atomic E-state index is 12.6. The molecule has 152 valence electrons. The van der Waals surface area contributed by atoms with Crippen molar-refractivity contribution in [2.45, 2.75) is 6.54 Å². The molecule has 31 heavy (non-hydrogen) atoms. The van der Waals surface area contributed by atoms with Crippen molar-refractivity contribution in [3.05, 3.63) is 90.3 Å². The lowest BCUT2D eigenvalue weighted by molar-refractivity contribution is -0.0966. The number of carbonyl (C=O) groups excluding carboxylic acids is 1. The third-order valence-electron chi connectivity index (χ3n) is 5.00. The number of rotatable bonds is 5. The number of H-pyrrole nitrogens is 1. The molecule has 3 aromatic carbocycles. The highest BCUT2D eigenvalue weighted by Crippen LogP contribution is 2.23. The van der Waals surface area contributed by atoms with E-state index in [0.29, 0.717) is 23.1 Å². The van der Waals surface area contributed by atoms with Crippen LogP contribution in [0.5, 0.6) is 0 Å². The average molecular weight is 409 g/mol. The van der Waals surface area contributed by atoms with Gasteiger partial charge in [0.2, 0.25) is 0 Å². The van der Waals surface area contributed by atoms with Gasteiger partial charge in [-0.05, 0) is 35.9 Å². The van der Waals surface area contributed by atoms with Crippen LogP contribution >= 0.6 is 0 Å². The number of nitrogens with zero attached hydrogens (tertiary/aromatic N) is 4. The summed E-state index contributed by atoms with van der Waals surface area (Å²) in [5, 5.41) is 9.51. The van der Waals surface area contributed by atoms with Gasteiger partial charge in [-0.3, -0.25) is 10.1 Å². The van der Waals surface area contributed by atoms with Gasteiger partial charge in [0.25, 0.3) is 0 Å². The van der Waals surface area contributed by atoms with Crippen LogP contribution in [0.2, 0.25) is 0 Å². The van der Waals surface area contributed by atoms with Crippen LogP contribution in [0, 0.1) is 0 Å². The molecule has 2 heterocycles. The Labute approximate surface area is 178 Å². The third kappa shape index (κ3) is 3.99. The molecule has 1 N–H and O–H groups in total. The molecule has 7 heteroatoms. The summed E-state index contributed by atoms with van der Waals surface area (Å²) < 4.78 is 0. The number of hydrogen-bond acceptors (Lipinski definition) is 6. The lowest BCUT2D eigenvalue weighted by atomic mass is 10.1. The first kappa shape index (κ1) is 18.9. The number of carbonyl (C=O) groups is 1. The van der Waals surface area contributed by atoms with Gasteiger partial charge in [-0.15, -0.1) is 5.06 Å². The summed E-state index contributed by atoms with van der Waals surface area (Å²) in [5.74, 6) is -0.434. The maximum atomic E-state index is 12.6. The van der Waals surface area contributed by atoms with Crippen molar-refractivity contribution in [3.8, 4) is 11.3 Å². The average Bonchev–Trinajstić information content (AvgIpc) is 3.27. The first-order valence-electron chi connectivity index (χ1n) is 9.83. The minimum atomic E-state index is -0.434. The molecule has 0 atom stereocenters. The quantitative estimate of drug-likeness (QED) is 0.434. The van der Waals surface area contributed by atoms with Gasteiger partial charge in [0.05, 0.1) is 46.7 Å². The van der Waals surface area contributed by atoms with Crippen LogP contribution in [0.3, 0.4) is 0 Å². The van der Waals surface area contributed by atoms with Crippen LogP contribution in [0.25, 0.3) is 33.2 Å². The SMILES string of the molecule is CN(Cc1ccccc1)OC(=O)c1ccc2nc(-c3ccc4[nH]ncc4c3)cnc2c1. The number of aromatic nitrogens is 4. The normalized spacial score (nSPS) is 11.3. The van der Waals surface area contributed by atoms with E-state index in [0.717, 1.165) is 27.7 Å². The van der Waals surface area contributed by atoms with Gasteiger partial charge >= 0.3 is 5.97 Å². The second kappa shape index (κ2) is 7.97. The smallest absolute Gasteiger partial charge is 0.357 e. The van der Waals surface area contributed by atoms with E-state index in [9.17, 15) is 4.79 Å². The molecule has 5 rings (SSSR count). The predicted octanol–water partition coefficient (Wildman–Crippen LogP) is 4.38. The fourth-order valence-corrected chi connectivity index (χ4v) is 3.45. The Morgan fingerprint density at radius 1 is 1.00 bits per heavy atom. The minimum Gasteiger partial charge on any atom is -0.364 e. The summed E-state index contributed by atoms with van der Waals surface area (Å²) in [6, 6.07) is 21.0. The molecule has 0 saturated heterocycles. The van der Waals surface area contributed by atoms with Crippen LogP contribution in [-0.4, -0.2) is 38.2 Å². The molecular formula is C24H19N5O2. The maximum Gasteiger partial charge on any atom is 0.357 e. The van der Waals surface area contributed by atoms with E-state index in [2.05, 4.69) is 15.2 Å². The van der Waals surface area contributed by atoms with Crippen LogP contribution in [0.4, 0.5) is 0 Å². The molecule has 0 bridgehead atoms. The van der Waals surface area contributed by atoms with Crippen LogP contribution in [-0.2, 0) is 11.4 Å². The Morgan fingerprint density at radius 3 is 2.74 bits per heavy atom. The highest BCUT2D eigenvalue weighted by molar-refractivity contribution is 5.93. The fraction of sp³-hybridized carbons (Fsp3) is 0.0833. The zero-order valence-electron chi connectivity index (χ0n) is 16.8. The Morgan fingerprint density at radius 2 is 1.87 bits per heavy atom. The van der Waals surface area contributed by atoms with Gasteiger partial charge in [-0.25, -0.2) is 9.78 Å². The summed E-state index contributed by atoms with van der Waals surface area (Å²) in [6.07, 6.45) is 3.49. The minimum absolute atomic E-state index is 0.425. The molecule has 0 aliphatic rings. The van der Waals surface area contributed by atoms with Crippen LogP contribution in [0.15, 0.2) is 79.1 Å². The molecule has 0 saturated carbocycles. The van der Waals surface area contributed by atoms with E-state index in [1.165, 1.54) is 5.06 Å². The van der Waals surface area contributed by atoms with E-state index in [1.807, 2.05) is 48.5 Å². The second-order valence-electron chi connectivity index (χ2n) is 7.28. The number of nitrogens with one attached hydrogen (secondary N) is 1. The number of benzene rings is 3. The summed E-state index contributed by atoms with van der Waals surface area (Å²) in [6.45, 7) is 0.504. The Hall–Kier alpha value is -4.10. The fourth-order valence-electron chi connectivity index (χ4n) is 3.45. The van der Waals surface area contributed by atoms with Gasteiger partial charge < -0.3 is 4.84 Å². The summed E-state index contributed by atoms with van der Waals surface area (Å²) in [7, 11) is 1.73. The van der Waals surface area contributed by atoms with Crippen molar-refractivity contribution in [3.63, 3.8) is 0 Å². The second-order valence-corrected chi connectivity index (χ2v) is 7.28. The van der Waals surface area contributed by atoms with Crippen molar-refractivity contribution in [2.24, 2.45) is 0 Å². The zero-order chi connectivity index (χ0) is 21.2. The molecule has 5 aromatic rings. The van der Waals surface area contributed by atoms with Gasteiger partial charge in [-0.1, -0.05) is 36.4 Å². The van der Waals surface area contributed by atoms with Crippen molar-refractivity contribution in [1.29, 1.82) is 0 Å². The Kier molecular flexibility index (Phi) is 4.86. The van der Waals surface area contributed by atoms with E-state index in [1.54, 1.807) is 37.6 Å². The predicted molar refractivity (Wildman–Crippen MR) is 118 cm³/mol. The number of fused-ring (bicyclic) bond motifs is 2. The molecule has 0 amide bonds. The van der Waals surface area contributed by atoms with E-state index in [-0.39, 0.29) is 0 Å². The van der Waals surface area contributed by atoms with Gasteiger partial charge in [-0.2, -0.15) is 5.10 Å². The monoisotopic (exact) mass is 409 g/mol. The first-order valence-corrected chi connectivity index (χ1v) is 9.83. The number of hydroxylamine groups is 2. The molecule has 0 unspecified atom stereocenters. The number of aromatic amines is 1. The molecule has 0 aliphatic heterocycles. The van der Waals surface area contributed by atoms with Crippen molar-refractivity contribution < 1.29 is 9.63 Å². The van der Waals surface area contributed by atoms with Crippen molar-refractivity contribution >= 4 is 27.9 Å². The Balaban J connectivity index is 1.35. The molecule has 0 spiro atoms. The first-order chi connectivity index (χ1) is 15.2. The van der Waals surface area contributed by atoms with Gasteiger partial charge in [0.15, 0.2) is 0 Å². The summed E-state index contributed by atoms with van der Waals surface area (Å²) in [5.41, 5.74) is 5.51. The van der Waals surface area contributed by atoms with Gasteiger partial charge in [0.1, 0.15) is 0 Å². The van der Waals surface area contributed by atoms with Crippen LogP contribution in [0.1, 0.15) is 15.9 Å². The van der Waals surface area contributed by atoms with Gasteiger partial charge in [0, 0.05) is 18.0 Å². The summed E-state index contributed by atoms with van der Waals surface area (Å²) >= 11 is 0. The standard InChI is InChI=1S/C24H19N5O2/c1-29(15-16-5-3-2-4-6-16)31-24(30)18-8-10-21-22(12-18)25-14-23(27-21)17-7-9-20-19(11-17)13-26-28-20/h2-14H,15H2,1H3,(H,26,28). The van der Waals surface area contributed by atoms with E-state index >= 15 is 0 Å².